The Morgan fingerprint density at radius 1 is 1.04 bits per heavy atom. The van der Waals surface area contributed by atoms with Gasteiger partial charge in [0.25, 0.3) is 5.56 Å². The van der Waals surface area contributed by atoms with Gasteiger partial charge < -0.3 is 9.64 Å². The average Bonchev–Trinajstić information content (AvgIpc) is 2.90. The maximum Gasteiger partial charge on any atom is 0.267 e. The predicted octanol–water partition coefficient (Wildman–Crippen LogP) is 3.51. The van der Waals surface area contributed by atoms with Crippen LogP contribution in [0.3, 0.4) is 0 Å². The van der Waals surface area contributed by atoms with Crippen LogP contribution < -0.4 is 10.3 Å². The molecule has 0 bridgehead atoms. The van der Waals surface area contributed by atoms with E-state index in [1.165, 1.54) is 43.5 Å². The first-order valence-electron chi connectivity index (χ1n) is 9.21. The quantitative estimate of drug-likeness (QED) is 0.723. The van der Waals surface area contributed by atoms with Crippen LogP contribution >= 0.6 is 12.4 Å². The molecule has 1 aliphatic heterocycles. The van der Waals surface area contributed by atoms with Crippen molar-refractivity contribution >= 4 is 12.4 Å². The molecular formula is C20H28ClN3O2. The van der Waals surface area contributed by atoms with Crippen molar-refractivity contribution < 1.29 is 4.74 Å². The van der Waals surface area contributed by atoms with Crippen molar-refractivity contribution in [1.29, 1.82) is 0 Å². The number of aryl methyl sites for hydroxylation is 1. The molecule has 0 saturated carbocycles. The number of rotatable bonds is 6. The molecule has 1 aromatic carbocycles. The summed E-state index contributed by atoms with van der Waals surface area (Å²) in [4.78, 5) is 14.2. The molecule has 2 aromatic rings. The third-order valence-electron chi connectivity index (χ3n) is 4.74. The Labute approximate surface area is 161 Å². The summed E-state index contributed by atoms with van der Waals surface area (Å²) in [5, 5.41) is 4.06. The Morgan fingerprint density at radius 2 is 1.73 bits per heavy atom. The number of halogens is 1. The molecule has 0 radical (unpaired) electrons. The lowest BCUT2D eigenvalue weighted by atomic mass is 10.1. The Hall–Kier alpha value is -1.85. The highest BCUT2D eigenvalue weighted by atomic mass is 35.5. The number of nitrogens with zero attached hydrogens (tertiary/aromatic N) is 3. The third kappa shape index (κ3) is 5.85. The van der Waals surface area contributed by atoms with E-state index in [9.17, 15) is 4.79 Å². The third-order valence-corrected chi connectivity index (χ3v) is 4.74. The van der Waals surface area contributed by atoms with Gasteiger partial charge in [0.1, 0.15) is 5.75 Å². The van der Waals surface area contributed by atoms with Gasteiger partial charge in [0.2, 0.25) is 0 Å². The summed E-state index contributed by atoms with van der Waals surface area (Å²) >= 11 is 0. The second kappa shape index (κ2) is 10.3. The van der Waals surface area contributed by atoms with Crippen LogP contribution in [0.2, 0.25) is 0 Å². The molecular weight excluding hydrogens is 350 g/mol. The van der Waals surface area contributed by atoms with Gasteiger partial charge in [-0.05, 0) is 50.0 Å². The highest BCUT2D eigenvalue weighted by molar-refractivity contribution is 5.85. The fourth-order valence-electron chi connectivity index (χ4n) is 3.21. The minimum Gasteiger partial charge on any atom is -0.494 e. The second-order valence-electron chi connectivity index (χ2n) is 6.69. The van der Waals surface area contributed by atoms with E-state index in [0.29, 0.717) is 0 Å². The molecule has 1 saturated heterocycles. The van der Waals surface area contributed by atoms with Crippen LogP contribution in [0.1, 0.15) is 32.1 Å². The minimum atomic E-state index is -0.105. The zero-order chi connectivity index (χ0) is 17.5. The van der Waals surface area contributed by atoms with Crippen molar-refractivity contribution in [3.05, 3.63) is 46.9 Å². The Bertz CT molecular complexity index is 723. The Morgan fingerprint density at radius 3 is 2.38 bits per heavy atom. The molecule has 0 aliphatic carbocycles. The van der Waals surface area contributed by atoms with E-state index in [1.807, 2.05) is 24.3 Å². The van der Waals surface area contributed by atoms with Crippen LogP contribution in [-0.2, 0) is 7.05 Å². The average molecular weight is 378 g/mol. The molecule has 0 spiro atoms. The van der Waals surface area contributed by atoms with E-state index in [4.69, 9.17) is 4.74 Å². The Balaban J connectivity index is 0.00000243. The molecule has 1 fully saturated rings. The van der Waals surface area contributed by atoms with Crippen LogP contribution in [0, 0.1) is 0 Å². The number of benzene rings is 1. The molecule has 1 aromatic heterocycles. The van der Waals surface area contributed by atoms with Gasteiger partial charge in [0.15, 0.2) is 0 Å². The number of likely N-dealkylation sites (tertiary alicyclic amines) is 1. The number of aromatic nitrogens is 2. The van der Waals surface area contributed by atoms with Crippen LogP contribution in [0.5, 0.6) is 5.75 Å². The van der Waals surface area contributed by atoms with Crippen molar-refractivity contribution in [2.45, 2.75) is 32.1 Å². The first kappa shape index (κ1) is 20.5. The maximum atomic E-state index is 11.7. The van der Waals surface area contributed by atoms with Gasteiger partial charge >= 0.3 is 0 Å². The summed E-state index contributed by atoms with van der Waals surface area (Å²) in [6.07, 6.45) is 8.18. The zero-order valence-corrected chi connectivity index (χ0v) is 16.2. The summed E-state index contributed by atoms with van der Waals surface area (Å²) in [6.45, 7) is 4.33. The molecule has 142 valence electrons. The summed E-state index contributed by atoms with van der Waals surface area (Å²) in [5.74, 6) is 0.872. The van der Waals surface area contributed by atoms with Gasteiger partial charge in [-0.3, -0.25) is 4.79 Å². The van der Waals surface area contributed by atoms with Crippen LogP contribution in [0.4, 0.5) is 0 Å². The summed E-state index contributed by atoms with van der Waals surface area (Å²) in [5.41, 5.74) is 1.70. The molecule has 0 unspecified atom stereocenters. The lowest BCUT2D eigenvalue weighted by molar-refractivity contribution is 0.240. The normalized spacial score (nSPS) is 15.1. The molecule has 0 N–H and O–H groups in total. The van der Waals surface area contributed by atoms with Crippen LogP contribution in [0.25, 0.3) is 11.1 Å². The van der Waals surface area contributed by atoms with Crippen LogP contribution in [0.15, 0.2) is 41.3 Å². The molecule has 0 atom stereocenters. The highest BCUT2D eigenvalue weighted by Gasteiger charge is 2.08. The lowest BCUT2D eigenvalue weighted by Crippen LogP contribution is -2.26. The van der Waals surface area contributed by atoms with Gasteiger partial charge in [0, 0.05) is 25.2 Å². The van der Waals surface area contributed by atoms with E-state index in [-0.39, 0.29) is 18.0 Å². The van der Waals surface area contributed by atoms with E-state index >= 15 is 0 Å². The van der Waals surface area contributed by atoms with Crippen molar-refractivity contribution in [3.8, 4) is 16.9 Å². The molecule has 6 heteroatoms. The van der Waals surface area contributed by atoms with E-state index in [0.717, 1.165) is 36.4 Å². The number of hydrogen-bond donors (Lipinski definition) is 0. The summed E-state index contributed by atoms with van der Waals surface area (Å²) < 4.78 is 7.18. The van der Waals surface area contributed by atoms with E-state index in [2.05, 4.69) is 10.00 Å². The molecule has 1 aliphatic rings. The van der Waals surface area contributed by atoms with Crippen molar-refractivity contribution in [2.24, 2.45) is 7.05 Å². The standard InChI is InChI=1S/C20H27N3O2.ClH/c1-22-20(24)15-18(16-21-22)17-7-9-19(10-8-17)25-14-6-13-23-11-4-2-3-5-12-23;/h7-10,15-16H,2-6,11-14H2,1H3;1H. The minimum absolute atomic E-state index is 0. The van der Waals surface area contributed by atoms with Gasteiger partial charge in [-0.15, -0.1) is 12.4 Å². The molecule has 26 heavy (non-hydrogen) atoms. The van der Waals surface area contributed by atoms with Gasteiger partial charge in [0.05, 0.1) is 12.8 Å². The SMILES string of the molecule is Cl.Cn1ncc(-c2ccc(OCCCN3CCCCCC3)cc2)cc1=O. The molecule has 2 heterocycles. The predicted molar refractivity (Wildman–Crippen MR) is 107 cm³/mol. The van der Waals surface area contributed by atoms with Gasteiger partial charge in [-0.25, -0.2) is 4.68 Å². The van der Waals surface area contributed by atoms with Gasteiger partial charge in [-0.2, -0.15) is 5.10 Å². The summed E-state index contributed by atoms with van der Waals surface area (Å²) in [6, 6.07) is 9.46. The largest absolute Gasteiger partial charge is 0.494 e. The monoisotopic (exact) mass is 377 g/mol. The molecule has 3 rings (SSSR count). The first-order valence-corrected chi connectivity index (χ1v) is 9.21. The fraction of sp³-hybridized carbons (Fsp3) is 0.500. The van der Waals surface area contributed by atoms with Crippen LogP contribution in [-0.4, -0.2) is 40.9 Å². The van der Waals surface area contributed by atoms with E-state index in [1.54, 1.807) is 19.3 Å². The number of hydrogen-bond acceptors (Lipinski definition) is 4. The fourth-order valence-corrected chi connectivity index (χ4v) is 3.21. The maximum absolute atomic E-state index is 11.7. The van der Waals surface area contributed by atoms with E-state index < -0.39 is 0 Å². The van der Waals surface area contributed by atoms with Crippen molar-refractivity contribution in [1.82, 2.24) is 14.7 Å². The highest BCUT2D eigenvalue weighted by Crippen LogP contribution is 2.20. The van der Waals surface area contributed by atoms with Crippen molar-refractivity contribution in [3.63, 3.8) is 0 Å². The lowest BCUT2D eigenvalue weighted by Gasteiger charge is -2.19. The zero-order valence-electron chi connectivity index (χ0n) is 15.4. The smallest absolute Gasteiger partial charge is 0.267 e. The Kier molecular flexibility index (Phi) is 8.13. The first-order chi connectivity index (χ1) is 12.2. The van der Waals surface area contributed by atoms with Crippen molar-refractivity contribution in [2.75, 3.05) is 26.2 Å². The summed E-state index contributed by atoms with van der Waals surface area (Å²) in [7, 11) is 1.65. The number of ether oxygens (including phenoxy) is 1. The second-order valence-corrected chi connectivity index (χ2v) is 6.69. The molecule has 5 nitrogen and oxygen atoms in total. The molecule has 0 amide bonds. The topological polar surface area (TPSA) is 47.4 Å². The van der Waals surface area contributed by atoms with Gasteiger partial charge in [-0.1, -0.05) is 25.0 Å².